The van der Waals surface area contributed by atoms with E-state index in [1.54, 1.807) is 12.1 Å². The minimum atomic E-state index is 0.0243. The molecular weight excluding hydrogens is 188 g/mol. The van der Waals surface area contributed by atoms with E-state index in [0.717, 1.165) is 16.6 Å². The molecule has 1 aromatic carbocycles. The molecule has 0 aliphatic carbocycles. The number of fused-ring (bicyclic) bond motifs is 1. The second-order valence-electron chi connectivity index (χ2n) is 4.92. The lowest BCUT2D eigenvalue weighted by atomic mass is 9.90. The Labute approximate surface area is 89.3 Å². The van der Waals surface area contributed by atoms with E-state index >= 15 is 0 Å². The summed E-state index contributed by atoms with van der Waals surface area (Å²) in [6, 6.07) is 5.38. The van der Waals surface area contributed by atoms with E-state index in [9.17, 15) is 5.11 Å². The van der Waals surface area contributed by atoms with Crippen molar-refractivity contribution < 1.29 is 5.11 Å². The molecule has 3 nitrogen and oxygen atoms in total. The van der Waals surface area contributed by atoms with E-state index in [2.05, 4.69) is 25.9 Å². The van der Waals surface area contributed by atoms with Gasteiger partial charge in [-0.15, -0.1) is 0 Å². The van der Waals surface area contributed by atoms with Gasteiger partial charge in [0.15, 0.2) is 0 Å². The maximum absolute atomic E-state index is 9.43. The van der Waals surface area contributed by atoms with Gasteiger partial charge in [0, 0.05) is 23.9 Å². The van der Waals surface area contributed by atoms with E-state index in [1.807, 2.05) is 17.8 Å². The third kappa shape index (κ3) is 1.58. The molecule has 0 fully saturated rings. The Morgan fingerprint density at radius 3 is 2.53 bits per heavy atom. The zero-order valence-electron chi connectivity index (χ0n) is 9.57. The number of hydrogen-bond donors (Lipinski definition) is 1. The van der Waals surface area contributed by atoms with Gasteiger partial charge in [-0.05, 0) is 12.1 Å². The second kappa shape index (κ2) is 2.99. The molecule has 3 heteroatoms. The maximum atomic E-state index is 9.43. The van der Waals surface area contributed by atoms with Crippen LogP contribution < -0.4 is 0 Å². The molecular formula is C12H16N2O. The van der Waals surface area contributed by atoms with Crippen molar-refractivity contribution >= 4 is 10.9 Å². The number of rotatable bonds is 0. The van der Waals surface area contributed by atoms with Gasteiger partial charge in [0.2, 0.25) is 0 Å². The molecule has 15 heavy (non-hydrogen) atoms. The van der Waals surface area contributed by atoms with Crippen LogP contribution in [0.5, 0.6) is 5.75 Å². The van der Waals surface area contributed by atoms with E-state index in [4.69, 9.17) is 0 Å². The summed E-state index contributed by atoms with van der Waals surface area (Å²) >= 11 is 0. The smallest absolute Gasteiger partial charge is 0.117 e. The van der Waals surface area contributed by atoms with Crippen molar-refractivity contribution in [2.75, 3.05) is 0 Å². The largest absolute Gasteiger partial charge is 0.508 e. The van der Waals surface area contributed by atoms with E-state index in [1.165, 1.54) is 0 Å². The van der Waals surface area contributed by atoms with Crippen molar-refractivity contribution in [1.82, 2.24) is 9.78 Å². The van der Waals surface area contributed by atoms with Crippen LogP contribution >= 0.6 is 0 Å². The third-order valence-electron chi connectivity index (χ3n) is 2.55. The SMILES string of the molecule is Cn1nc(C(C)(C)C)c2ccc(O)cc21. The van der Waals surface area contributed by atoms with Gasteiger partial charge in [0.05, 0.1) is 11.2 Å². The summed E-state index contributed by atoms with van der Waals surface area (Å²) in [6.07, 6.45) is 0. The third-order valence-corrected chi connectivity index (χ3v) is 2.55. The van der Waals surface area contributed by atoms with Crippen LogP contribution in [0.1, 0.15) is 26.5 Å². The lowest BCUT2D eigenvalue weighted by molar-refractivity contribution is 0.476. The molecule has 0 atom stereocenters. The zero-order chi connectivity index (χ0) is 11.2. The molecule has 0 aliphatic rings. The van der Waals surface area contributed by atoms with Crippen molar-refractivity contribution in [3.8, 4) is 5.75 Å². The molecule has 2 aromatic rings. The Morgan fingerprint density at radius 1 is 1.27 bits per heavy atom. The Balaban J connectivity index is 2.79. The van der Waals surface area contributed by atoms with Crippen LogP contribution in [-0.2, 0) is 12.5 Å². The lowest BCUT2D eigenvalue weighted by Crippen LogP contribution is -2.12. The first-order valence-corrected chi connectivity index (χ1v) is 5.06. The molecule has 0 aliphatic heterocycles. The van der Waals surface area contributed by atoms with Gasteiger partial charge in [-0.3, -0.25) is 4.68 Å². The molecule has 80 valence electrons. The lowest BCUT2D eigenvalue weighted by Gasteiger charge is -2.15. The van der Waals surface area contributed by atoms with Gasteiger partial charge in [-0.25, -0.2) is 0 Å². The number of hydrogen-bond acceptors (Lipinski definition) is 2. The maximum Gasteiger partial charge on any atom is 0.117 e. The minimum Gasteiger partial charge on any atom is -0.508 e. The molecule has 0 unspecified atom stereocenters. The predicted molar refractivity (Wildman–Crippen MR) is 61.1 cm³/mol. The fraction of sp³-hybridized carbons (Fsp3) is 0.417. The molecule has 0 radical (unpaired) electrons. The second-order valence-corrected chi connectivity index (χ2v) is 4.92. The van der Waals surface area contributed by atoms with Crippen molar-refractivity contribution in [1.29, 1.82) is 0 Å². The highest BCUT2D eigenvalue weighted by Crippen LogP contribution is 2.30. The van der Waals surface area contributed by atoms with Gasteiger partial charge >= 0.3 is 0 Å². The number of aryl methyl sites for hydroxylation is 1. The Hall–Kier alpha value is -1.51. The molecule has 0 spiro atoms. The van der Waals surface area contributed by atoms with Crippen LogP contribution in [0, 0.1) is 0 Å². The number of aromatic hydroxyl groups is 1. The van der Waals surface area contributed by atoms with E-state index in [-0.39, 0.29) is 11.2 Å². The summed E-state index contributed by atoms with van der Waals surface area (Å²) in [5, 5.41) is 15.0. The molecule has 0 bridgehead atoms. The van der Waals surface area contributed by atoms with Crippen LogP contribution in [0.3, 0.4) is 0 Å². The Morgan fingerprint density at radius 2 is 1.93 bits per heavy atom. The molecule has 1 N–H and O–H groups in total. The molecule has 0 amide bonds. The molecule has 2 rings (SSSR count). The fourth-order valence-corrected chi connectivity index (χ4v) is 1.80. The van der Waals surface area contributed by atoms with Gasteiger partial charge in [0.1, 0.15) is 5.75 Å². The summed E-state index contributed by atoms with van der Waals surface area (Å²) in [7, 11) is 1.90. The van der Waals surface area contributed by atoms with Crippen molar-refractivity contribution in [3.05, 3.63) is 23.9 Å². The van der Waals surface area contributed by atoms with Crippen LogP contribution in [0.15, 0.2) is 18.2 Å². The first-order chi connectivity index (χ1) is 6.89. The van der Waals surface area contributed by atoms with Crippen LogP contribution in [0.25, 0.3) is 10.9 Å². The first-order valence-electron chi connectivity index (χ1n) is 5.06. The molecule has 1 heterocycles. The summed E-state index contributed by atoms with van der Waals surface area (Å²) < 4.78 is 1.82. The molecule has 0 saturated heterocycles. The van der Waals surface area contributed by atoms with Crippen LogP contribution in [0.2, 0.25) is 0 Å². The number of phenolic OH excluding ortho intramolecular Hbond substituents is 1. The normalized spacial score (nSPS) is 12.3. The van der Waals surface area contributed by atoms with E-state index < -0.39 is 0 Å². The monoisotopic (exact) mass is 204 g/mol. The van der Waals surface area contributed by atoms with Crippen molar-refractivity contribution in [2.24, 2.45) is 7.05 Å². The van der Waals surface area contributed by atoms with Gasteiger partial charge in [-0.2, -0.15) is 5.10 Å². The molecule has 0 saturated carbocycles. The zero-order valence-corrected chi connectivity index (χ0v) is 9.57. The highest BCUT2D eigenvalue weighted by molar-refractivity contribution is 5.84. The summed E-state index contributed by atoms with van der Waals surface area (Å²) in [4.78, 5) is 0. The first kappa shape index (κ1) is 10.0. The summed E-state index contributed by atoms with van der Waals surface area (Å²) in [5.74, 6) is 0.283. The summed E-state index contributed by atoms with van der Waals surface area (Å²) in [5.41, 5.74) is 2.07. The van der Waals surface area contributed by atoms with Crippen LogP contribution in [-0.4, -0.2) is 14.9 Å². The Bertz CT molecular complexity index is 506. The summed E-state index contributed by atoms with van der Waals surface area (Å²) in [6.45, 7) is 6.42. The average molecular weight is 204 g/mol. The van der Waals surface area contributed by atoms with Gasteiger partial charge < -0.3 is 5.11 Å². The predicted octanol–water partition coefficient (Wildman–Crippen LogP) is 2.58. The van der Waals surface area contributed by atoms with Crippen molar-refractivity contribution in [3.63, 3.8) is 0 Å². The average Bonchev–Trinajstić information content (AvgIpc) is 2.43. The van der Waals surface area contributed by atoms with Gasteiger partial charge in [0.25, 0.3) is 0 Å². The minimum absolute atomic E-state index is 0.0243. The molecule has 1 aromatic heterocycles. The fourth-order valence-electron chi connectivity index (χ4n) is 1.80. The highest BCUT2D eigenvalue weighted by atomic mass is 16.3. The van der Waals surface area contributed by atoms with Gasteiger partial charge in [-0.1, -0.05) is 20.8 Å². The topological polar surface area (TPSA) is 38.0 Å². The highest BCUT2D eigenvalue weighted by Gasteiger charge is 2.21. The quantitative estimate of drug-likeness (QED) is 0.716. The van der Waals surface area contributed by atoms with Crippen LogP contribution in [0.4, 0.5) is 0 Å². The van der Waals surface area contributed by atoms with Crippen molar-refractivity contribution in [2.45, 2.75) is 26.2 Å². The number of benzene rings is 1. The number of aromatic nitrogens is 2. The Kier molecular flexibility index (Phi) is 2.00. The standard InChI is InChI=1S/C12H16N2O/c1-12(2,3)11-9-6-5-8(15)7-10(9)14(4)13-11/h5-7,15H,1-4H3. The van der Waals surface area contributed by atoms with E-state index in [0.29, 0.717) is 0 Å². The number of phenols is 1. The number of nitrogens with zero attached hydrogens (tertiary/aromatic N) is 2.